The molecule has 6 heteroatoms. The number of carbonyl (C=O) groups is 1. The minimum Gasteiger partial charge on any atom is -0.478 e. The highest BCUT2D eigenvalue weighted by atomic mass is 35.5. The molecular weight excluding hydrogens is 299 g/mol. The van der Waals surface area contributed by atoms with Crippen LogP contribution in [0.2, 0.25) is 10.0 Å². The van der Waals surface area contributed by atoms with Gasteiger partial charge in [0.05, 0.1) is 27.5 Å². The molecule has 0 aliphatic rings. The van der Waals surface area contributed by atoms with E-state index >= 15 is 0 Å². The molecule has 0 aliphatic heterocycles. The molecule has 0 bridgehead atoms. The van der Waals surface area contributed by atoms with Crippen molar-refractivity contribution in [2.24, 2.45) is 5.10 Å². The van der Waals surface area contributed by atoms with E-state index in [0.717, 1.165) is 5.56 Å². The third-order valence-corrected chi connectivity index (χ3v) is 3.22. The molecule has 2 aromatic carbocycles. The summed E-state index contributed by atoms with van der Waals surface area (Å²) in [6.07, 6.45) is 1.58. The summed E-state index contributed by atoms with van der Waals surface area (Å²) in [5.41, 5.74) is 4.53. The van der Waals surface area contributed by atoms with Crippen LogP contribution in [0.3, 0.4) is 0 Å². The Bertz CT molecular complexity index is 655. The van der Waals surface area contributed by atoms with Gasteiger partial charge in [0.2, 0.25) is 0 Å². The van der Waals surface area contributed by atoms with Crippen LogP contribution < -0.4 is 5.43 Å². The van der Waals surface area contributed by atoms with E-state index in [1.807, 2.05) is 0 Å². The lowest BCUT2D eigenvalue weighted by Gasteiger charge is -2.02. The summed E-state index contributed by atoms with van der Waals surface area (Å²) in [5.74, 6) is -0.956. The predicted molar refractivity (Wildman–Crippen MR) is 81.1 cm³/mol. The lowest BCUT2D eigenvalue weighted by molar-refractivity contribution is 0.0697. The standard InChI is InChI=1S/C14H10Cl2N2O2/c15-12-6-5-11(7-13(12)16)18-17-8-9-1-3-10(4-2-9)14(19)20/h1-8,18H,(H,19,20)/b17-8-. The average molecular weight is 309 g/mol. The average Bonchev–Trinajstić information content (AvgIpc) is 2.43. The van der Waals surface area contributed by atoms with Crippen molar-refractivity contribution in [1.82, 2.24) is 0 Å². The highest BCUT2D eigenvalue weighted by Crippen LogP contribution is 2.24. The van der Waals surface area contributed by atoms with Crippen molar-refractivity contribution in [1.29, 1.82) is 0 Å². The van der Waals surface area contributed by atoms with E-state index in [9.17, 15) is 4.79 Å². The summed E-state index contributed by atoms with van der Waals surface area (Å²) < 4.78 is 0. The molecule has 102 valence electrons. The van der Waals surface area contributed by atoms with Crippen LogP contribution in [0, 0.1) is 0 Å². The van der Waals surface area contributed by atoms with Crippen LogP contribution in [0.4, 0.5) is 5.69 Å². The summed E-state index contributed by atoms with van der Waals surface area (Å²) >= 11 is 11.7. The van der Waals surface area contributed by atoms with Crippen molar-refractivity contribution >= 4 is 41.1 Å². The van der Waals surface area contributed by atoms with Gasteiger partial charge in [-0.1, -0.05) is 35.3 Å². The largest absolute Gasteiger partial charge is 0.478 e. The van der Waals surface area contributed by atoms with Crippen LogP contribution >= 0.6 is 23.2 Å². The van der Waals surface area contributed by atoms with Gasteiger partial charge in [-0.25, -0.2) is 4.79 Å². The second-order valence-corrected chi connectivity index (χ2v) is 4.74. The monoisotopic (exact) mass is 308 g/mol. The number of rotatable bonds is 4. The number of nitrogens with zero attached hydrogens (tertiary/aromatic N) is 1. The Morgan fingerprint density at radius 2 is 1.80 bits per heavy atom. The summed E-state index contributed by atoms with van der Waals surface area (Å²) in [7, 11) is 0. The quantitative estimate of drug-likeness (QED) is 0.659. The molecule has 0 amide bonds. The van der Waals surface area contributed by atoms with E-state index in [0.29, 0.717) is 15.7 Å². The summed E-state index contributed by atoms with van der Waals surface area (Å²) in [5, 5.41) is 13.7. The van der Waals surface area contributed by atoms with Gasteiger partial charge in [0.15, 0.2) is 0 Å². The maximum absolute atomic E-state index is 10.7. The molecule has 2 N–H and O–H groups in total. The molecule has 20 heavy (non-hydrogen) atoms. The van der Waals surface area contributed by atoms with E-state index in [2.05, 4.69) is 10.5 Å². The van der Waals surface area contributed by atoms with E-state index < -0.39 is 5.97 Å². The van der Waals surface area contributed by atoms with Crippen molar-refractivity contribution in [2.75, 3.05) is 5.43 Å². The van der Waals surface area contributed by atoms with E-state index in [4.69, 9.17) is 28.3 Å². The number of carboxylic acids is 1. The lowest BCUT2D eigenvalue weighted by Crippen LogP contribution is -1.96. The van der Waals surface area contributed by atoms with Crippen LogP contribution in [0.15, 0.2) is 47.6 Å². The van der Waals surface area contributed by atoms with Crippen LogP contribution in [-0.4, -0.2) is 17.3 Å². The number of nitrogens with one attached hydrogen (secondary N) is 1. The molecule has 0 fully saturated rings. The second kappa shape index (κ2) is 6.41. The molecule has 0 unspecified atom stereocenters. The first-order valence-electron chi connectivity index (χ1n) is 5.64. The third kappa shape index (κ3) is 3.73. The Balaban J connectivity index is 2.02. The smallest absolute Gasteiger partial charge is 0.335 e. The van der Waals surface area contributed by atoms with Crippen molar-refractivity contribution in [3.63, 3.8) is 0 Å². The number of hydrazone groups is 1. The molecule has 0 saturated heterocycles. The van der Waals surface area contributed by atoms with Gasteiger partial charge in [0.25, 0.3) is 0 Å². The molecule has 0 spiro atoms. The molecule has 4 nitrogen and oxygen atoms in total. The van der Waals surface area contributed by atoms with Crippen LogP contribution in [0.5, 0.6) is 0 Å². The van der Waals surface area contributed by atoms with Crippen LogP contribution in [-0.2, 0) is 0 Å². The SMILES string of the molecule is O=C(O)c1ccc(/C=N\Nc2ccc(Cl)c(Cl)c2)cc1. The zero-order chi connectivity index (χ0) is 14.5. The minimum absolute atomic E-state index is 0.236. The number of hydrogen-bond donors (Lipinski definition) is 2. The summed E-state index contributed by atoms with van der Waals surface area (Å²) in [4.78, 5) is 10.7. The van der Waals surface area contributed by atoms with Crippen molar-refractivity contribution in [3.05, 3.63) is 63.6 Å². The zero-order valence-electron chi connectivity index (χ0n) is 10.2. The van der Waals surface area contributed by atoms with Gasteiger partial charge in [0, 0.05) is 0 Å². The van der Waals surface area contributed by atoms with E-state index in [-0.39, 0.29) is 5.56 Å². The maximum atomic E-state index is 10.7. The number of anilines is 1. The molecule has 0 atom stereocenters. The first kappa shape index (κ1) is 14.4. The van der Waals surface area contributed by atoms with Crippen molar-refractivity contribution < 1.29 is 9.90 Å². The Morgan fingerprint density at radius 1 is 1.10 bits per heavy atom. The fraction of sp³-hybridized carbons (Fsp3) is 0. The number of carboxylic acid groups (broad SMARTS) is 1. The molecule has 2 rings (SSSR count). The number of hydrogen-bond acceptors (Lipinski definition) is 3. The van der Waals surface area contributed by atoms with Gasteiger partial charge in [-0.3, -0.25) is 5.43 Å². The summed E-state index contributed by atoms with van der Waals surface area (Å²) in [6.45, 7) is 0. The fourth-order valence-corrected chi connectivity index (χ4v) is 1.76. The fourth-order valence-electron chi connectivity index (χ4n) is 1.46. The minimum atomic E-state index is -0.956. The number of halogens is 2. The first-order chi connectivity index (χ1) is 9.56. The maximum Gasteiger partial charge on any atom is 0.335 e. The normalized spacial score (nSPS) is 10.7. The second-order valence-electron chi connectivity index (χ2n) is 3.93. The van der Waals surface area contributed by atoms with Crippen molar-refractivity contribution in [2.45, 2.75) is 0 Å². The lowest BCUT2D eigenvalue weighted by atomic mass is 10.1. The molecule has 2 aromatic rings. The van der Waals surface area contributed by atoms with Gasteiger partial charge in [0.1, 0.15) is 0 Å². The third-order valence-electron chi connectivity index (χ3n) is 2.48. The van der Waals surface area contributed by atoms with Gasteiger partial charge in [-0.05, 0) is 35.9 Å². The Hall–Kier alpha value is -2.04. The van der Waals surface area contributed by atoms with Gasteiger partial charge in [-0.2, -0.15) is 5.10 Å². The summed E-state index contributed by atoms with van der Waals surface area (Å²) in [6, 6.07) is 11.5. The number of benzene rings is 2. The molecule has 0 radical (unpaired) electrons. The molecule has 0 heterocycles. The Morgan fingerprint density at radius 3 is 2.40 bits per heavy atom. The van der Waals surface area contributed by atoms with Crippen molar-refractivity contribution in [3.8, 4) is 0 Å². The van der Waals surface area contributed by atoms with Crippen LogP contribution in [0.1, 0.15) is 15.9 Å². The van der Waals surface area contributed by atoms with Gasteiger partial charge >= 0.3 is 5.97 Å². The van der Waals surface area contributed by atoms with Gasteiger partial charge < -0.3 is 5.11 Å². The Labute approximate surface area is 125 Å². The molecular formula is C14H10Cl2N2O2. The number of aromatic carboxylic acids is 1. The molecule has 0 aliphatic carbocycles. The highest BCUT2D eigenvalue weighted by molar-refractivity contribution is 6.42. The van der Waals surface area contributed by atoms with Crippen LogP contribution in [0.25, 0.3) is 0 Å². The zero-order valence-corrected chi connectivity index (χ0v) is 11.7. The molecule has 0 aromatic heterocycles. The van der Waals surface area contributed by atoms with E-state index in [1.54, 1.807) is 36.5 Å². The topological polar surface area (TPSA) is 61.7 Å². The predicted octanol–water partition coefficient (Wildman–Crippen LogP) is 4.14. The Kier molecular flexibility index (Phi) is 4.61. The first-order valence-corrected chi connectivity index (χ1v) is 6.39. The molecule has 0 saturated carbocycles. The highest BCUT2D eigenvalue weighted by Gasteiger charge is 2.00. The van der Waals surface area contributed by atoms with E-state index in [1.165, 1.54) is 12.1 Å². The van der Waals surface area contributed by atoms with Gasteiger partial charge in [-0.15, -0.1) is 0 Å².